The number of imidazole rings is 1. The summed E-state index contributed by atoms with van der Waals surface area (Å²) in [5, 5.41) is 5.19. The van der Waals surface area contributed by atoms with Gasteiger partial charge in [0.05, 0.1) is 17.6 Å². The SMILES string of the molecule is CCc1nn(C)c(Cl)c1CN(C)Cc1cnc2ccccn12. The number of rotatable bonds is 5. The van der Waals surface area contributed by atoms with Gasteiger partial charge in [0, 0.05) is 31.9 Å². The molecular formula is C16H20ClN5. The minimum Gasteiger partial charge on any atom is -0.303 e. The van der Waals surface area contributed by atoms with Crippen molar-refractivity contribution in [3.8, 4) is 0 Å². The van der Waals surface area contributed by atoms with Gasteiger partial charge in [0.15, 0.2) is 0 Å². The van der Waals surface area contributed by atoms with E-state index in [0.29, 0.717) is 0 Å². The van der Waals surface area contributed by atoms with Crippen LogP contribution in [0, 0.1) is 0 Å². The van der Waals surface area contributed by atoms with Crippen molar-refractivity contribution in [2.75, 3.05) is 7.05 Å². The molecule has 0 N–H and O–H groups in total. The molecule has 0 radical (unpaired) electrons. The highest BCUT2D eigenvalue weighted by molar-refractivity contribution is 6.30. The molecule has 0 fully saturated rings. The molecule has 0 unspecified atom stereocenters. The Kier molecular flexibility index (Phi) is 4.18. The maximum absolute atomic E-state index is 6.37. The summed E-state index contributed by atoms with van der Waals surface area (Å²) in [5.74, 6) is 0. The van der Waals surface area contributed by atoms with E-state index in [-0.39, 0.29) is 0 Å². The molecule has 3 rings (SSSR count). The van der Waals surface area contributed by atoms with Crippen LogP contribution in [0.1, 0.15) is 23.9 Å². The van der Waals surface area contributed by atoms with Crippen LogP contribution in [-0.2, 0) is 26.6 Å². The van der Waals surface area contributed by atoms with Crippen molar-refractivity contribution < 1.29 is 0 Å². The van der Waals surface area contributed by atoms with Crippen LogP contribution in [0.15, 0.2) is 30.6 Å². The average Bonchev–Trinajstić information content (AvgIpc) is 3.04. The largest absolute Gasteiger partial charge is 0.303 e. The van der Waals surface area contributed by atoms with Gasteiger partial charge in [-0.25, -0.2) is 4.98 Å². The van der Waals surface area contributed by atoms with Crippen LogP contribution in [0.3, 0.4) is 0 Å². The number of aryl methyl sites for hydroxylation is 2. The zero-order chi connectivity index (χ0) is 15.7. The van der Waals surface area contributed by atoms with Crippen molar-refractivity contribution in [2.45, 2.75) is 26.4 Å². The predicted octanol–water partition coefficient (Wildman–Crippen LogP) is 2.92. The van der Waals surface area contributed by atoms with Gasteiger partial charge in [0.2, 0.25) is 0 Å². The second kappa shape index (κ2) is 6.10. The molecule has 0 amide bonds. The lowest BCUT2D eigenvalue weighted by molar-refractivity contribution is 0.313. The van der Waals surface area contributed by atoms with Crippen LogP contribution in [0.25, 0.3) is 5.65 Å². The summed E-state index contributed by atoms with van der Waals surface area (Å²) in [6.45, 7) is 3.68. The van der Waals surface area contributed by atoms with Gasteiger partial charge in [0.1, 0.15) is 10.8 Å². The van der Waals surface area contributed by atoms with Crippen LogP contribution in [0.5, 0.6) is 0 Å². The van der Waals surface area contributed by atoms with E-state index in [2.05, 4.69) is 33.4 Å². The number of fused-ring (bicyclic) bond motifs is 1. The molecule has 6 heteroatoms. The lowest BCUT2D eigenvalue weighted by Gasteiger charge is -2.16. The number of aromatic nitrogens is 4. The topological polar surface area (TPSA) is 38.4 Å². The molecule has 0 aliphatic heterocycles. The summed E-state index contributed by atoms with van der Waals surface area (Å²) in [7, 11) is 3.97. The summed E-state index contributed by atoms with van der Waals surface area (Å²) in [6, 6.07) is 6.03. The maximum atomic E-state index is 6.37. The summed E-state index contributed by atoms with van der Waals surface area (Å²) in [4.78, 5) is 6.66. The fourth-order valence-corrected chi connectivity index (χ4v) is 2.95. The first kappa shape index (κ1) is 15.1. The molecule has 0 bridgehead atoms. The van der Waals surface area contributed by atoms with E-state index in [1.165, 1.54) is 0 Å². The summed E-state index contributed by atoms with van der Waals surface area (Å²) >= 11 is 6.37. The van der Waals surface area contributed by atoms with Gasteiger partial charge in [-0.3, -0.25) is 9.58 Å². The molecule has 5 nitrogen and oxygen atoms in total. The smallest absolute Gasteiger partial charge is 0.136 e. The van der Waals surface area contributed by atoms with Crippen molar-refractivity contribution in [3.63, 3.8) is 0 Å². The van der Waals surface area contributed by atoms with Crippen LogP contribution < -0.4 is 0 Å². The van der Waals surface area contributed by atoms with E-state index in [4.69, 9.17) is 11.6 Å². The van der Waals surface area contributed by atoms with Crippen LogP contribution in [-0.4, -0.2) is 31.1 Å². The highest BCUT2D eigenvalue weighted by Crippen LogP contribution is 2.22. The molecule has 0 saturated carbocycles. The molecule has 0 spiro atoms. The molecule has 3 heterocycles. The molecule has 3 aromatic heterocycles. The number of nitrogens with zero attached hydrogens (tertiary/aromatic N) is 5. The van der Waals surface area contributed by atoms with Gasteiger partial charge in [-0.2, -0.15) is 5.10 Å². The van der Waals surface area contributed by atoms with Crippen molar-refractivity contribution in [3.05, 3.63) is 52.7 Å². The van der Waals surface area contributed by atoms with Gasteiger partial charge in [-0.05, 0) is 25.6 Å². The molecule has 3 aromatic rings. The Morgan fingerprint density at radius 2 is 2.09 bits per heavy atom. The van der Waals surface area contributed by atoms with E-state index in [0.717, 1.165) is 47.3 Å². The number of halogens is 1. The molecule has 0 aliphatic carbocycles. The molecule has 22 heavy (non-hydrogen) atoms. The van der Waals surface area contributed by atoms with Gasteiger partial charge in [-0.15, -0.1) is 0 Å². The van der Waals surface area contributed by atoms with Gasteiger partial charge in [0.25, 0.3) is 0 Å². The molecule has 0 atom stereocenters. The Morgan fingerprint density at radius 1 is 1.27 bits per heavy atom. The first-order chi connectivity index (χ1) is 10.6. The Bertz CT molecular complexity index is 789. The van der Waals surface area contributed by atoms with E-state index in [1.54, 1.807) is 4.68 Å². The zero-order valence-corrected chi connectivity index (χ0v) is 13.9. The van der Waals surface area contributed by atoms with Crippen molar-refractivity contribution in [1.29, 1.82) is 0 Å². The Morgan fingerprint density at radius 3 is 2.86 bits per heavy atom. The molecule has 0 aliphatic rings. The fraction of sp³-hybridized carbons (Fsp3) is 0.375. The number of pyridine rings is 1. The molecular weight excluding hydrogens is 298 g/mol. The third kappa shape index (κ3) is 2.74. The highest BCUT2D eigenvalue weighted by Gasteiger charge is 2.15. The van der Waals surface area contributed by atoms with Crippen LogP contribution in [0.4, 0.5) is 0 Å². The van der Waals surface area contributed by atoms with Crippen molar-refractivity contribution >= 4 is 17.2 Å². The van der Waals surface area contributed by atoms with Gasteiger partial charge in [-0.1, -0.05) is 24.6 Å². The monoisotopic (exact) mass is 317 g/mol. The van der Waals surface area contributed by atoms with Crippen LogP contribution in [0.2, 0.25) is 5.15 Å². The lowest BCUT2D eigenvalue weighted by Crippen LogP contribution is -2.19. The Labute approximate surface area is 135 Å². The molecule has 116 valence electrons. The van der Waals surface area contributed by atoms with E-state index < -0.39 is 0 Å². The van der Waals surface area contributed by atoms with E-state index >= 15 is 0 Å². The third-order valence-corrected chi connectivity index (χ3v) is 4.31. The Hall–Kier alpha value is -1.85. The maximum Gasteiger partial charge on any atom is 0.136 e. The van der Waals surface area contributed by atoms with E-state index in [9.17, 15) is 0 Å². The third-order valence-electron chi connectivity index (χ3n) is 3.84. The highest BCUT2D eigenvalue weighted by atomic mass is 35.5. The minimum atomic E-state index is 0.724. The van der Waals surface area contributed by atoms with Crippen molar-refractivity contribution in [1.82, 2.24) is 24.1 Å². The second-order valence-corrected chi connectivity index (χ2v) is 5.90. The summed E-state index contributed by atoms with van der Waals surface area (Å²) < 4.78 is 3.86. The number of hydrogen-bond acceptors (Lipinski definition) is 3. The van der Waals surface area contributed by atoms with Crippen molar-refractivity contribution in [2.24, 2.45) is 7.05 Å². The predicted molar refractivity (Wildman–Crippen MR) is 88.0 cm³/mol. The molecule has 0 saturated heterocycles. The molecule has 0 aromatic carbocycles. The first-order valence-corrected chi connectivity index (χ1v) is 7.77. The Balaban J connectivity index is 1.79. The van der Waals surface area contributed by atoms with E-state index in [1.807, 2.05) is 37.6 Å². The average molecular weight is 318 g/mol. The minimum absolute atomic E-state index is 0.724. The standard InChI is InChI=1S/C16H20ClN5/c1-4-14-13(16(17)21(3)19-14)11-20(2)10-12-9-18-15-7-5-6-8-22(12)15/h5-9H,4,10-11H2,1-3H3. The summed E-state index contributed by atoms with van der Waals surface area (Å²) in [5.41, 5.74) is 4.32. The second-order valence-electron chi connectivity index (χ2n) is 5.54. The quantitative estimate of drug-likeness (QED) is 0.726. The zero-order valence-electron chi connectivity index (χ0n) is 13.1. The summed E-state index contributed by atoms with van der Waals surface area (Å²) in [6.07, 6.45) is 4.86. The van der Waals surface area contributed by atoms with Gasteiger partial charge >= 0.3 is 0 Å². The fourth-order valence-electron chi connectivity index (χ4n) is 2.74. The lowest BCUT2D eigenvalue weighted by atomic mass is 10.2. The van der Waals surface area contributed by atoms with Crippen LogP contribution >= 0.6 is 11.6 Å². The first-order valence-electron chi connectivity index (χ1n) is 7.40. The number of hydrogen-bond donors (Lipinski definition) is 0. The normalized spacial score (nSPS) is 11.7. The van der Waals surface area contributed by atoms with Gasteiger partial charge < -0.3 is 4.40 Å².